The van der Waals surface area contributed by atoms with E-state index in [9.17, 15) is 19.1 Å². The van der Waals surface area contributed by atoms with Crippen LogP contribution in [-0.2, 0) is 17.4 Å². The van der Waals surface area contributed by atoms with Crippen molar-refractivity contribution in [2.24, 2.45) is 7.05 Å². The largest absolute Gasteiger partial charge is 0.438 e. The number of aryl methyl sites for hydroxylation is 1. The number of nitrogens with zero attached hydrogens (tertiary/aromatic N) is 2. The van der Waals surface area contributed by atoms with Crippen molar-refractivity contribution in [3.63, 3.8) is 0 Å². The van der Waals surface area contributed by atoms with Gasteiger partial charge in [0, 0.05) is 38.9 Å². The van der Waals surface area contributed by atoms with Gasteiger partial charge in [-0.3, -0.25) is 4.79 Å². The zero-order valence-corrected chi connectivity index (χ0v) is 19.4. The highest BCUT2D eigenvalue weighted by atomic mass is 19.1. The van der Waals surface area contributed by atoms with E-state index in [1.807, 2.05) is 31.2 Å². The Hall–Kier alpha value is -3.45. The van der Waals surface area contributed by atoms with E-state index in [1.165, 1.54) is 12.1 Å². The van der Waals surface area contributed by atoms with Crippen molar-refractivity contribution < 1.29 is 19.0 Å². The molecular formula is C27H29FN2O4. The Morgan fingerprint density at radius 3 is 2.32 bits per heavy atom. The number of cyclic esters (lactones) is 1. The van der Waals surface area contributed by atoms with Crippen LogP contribution in [0.25, 0.3) is 11.1 Å². The molecule has 34 heavy (non-hydrogen) atoms. The van der Waals surface area contributed by atoms with Crippen LogP contribution in [0.5, 0.6) is 0 Å². The third-order valence-corrected chi connectivity index (χ3v) is 6.66. The number of amides is 1. The van der Waals surface area contributed by atoms with E-state index in [-0.39, 0.29) is 24.0 Å². The average Bonchev–Trinajstić information content (AvgIpc) is 2.84. The molecule has 6 nitrogen and oxygen atoms in total. The lowest BCUT2D eigenvalue weighted by Crippen LogP contribution is -2.48. The van der Waals surface area contributed by atoms with Gasteiger partial charge in [-0.15, -0.1) is 0 Å². The molecule has 0 spiro atoms. The van der Waals surface area contributed by atoms with E-state index < -0.39 is 11.7 Å². The standard InChI is InChI=1S/C27H29FN2O4/c1-19(20-4-6-21(7-5-20)22-8-13-25(32)29(2)18-22)30-16-15-27(14-3-17-31,34-26(30)33)23-9-11-24(28)12-10-23/h4-13,18-19,31H,3,14-17H2,1-2H3. The van der Waals surface area contributed by atoms with Crippen LogP contribution in [-0.4, -0.2) is 33.8 Å². The third-order valence-electron chi connectivity index (χ3n) is 6.66. The number of aliphatic hydroxyl groups excluding tert-OH is 1. The van der Waals surface area contributed by atoms with Crippen molar-refractivity contribution in [1.29, 1.82) is 0 Å². The zero-order valence-electron chi connectivity index (χ0n) is 19.4. The van der Waals surface area contributed by atoms with E-state index in [1.54, 1.807) is 47.0 Å². The number of benzene rings is 2. The first kappa shape index (κ1) is 23.7. The minimum atomic E-state index is -0.878. The quantitative estimate of drug-likeness (QED) is 0.547. The maximum absolute atomic E-state index is 13.5. The van der Waals surface area contributed by atoms with Crippen molar-refractivity contribution in [3.8, 4) is 11.1 Å². The van der Waals surface area contributed by atoms with Gasteiger partial charge in [-0.1, -0.05) is 36.4 Å². The van der Waals surface area contributed by atoms with Crippen molar-refractivity contribution in [1.82, 2.24) is 9.47 Å². The lowest BCUT2D eigenvalue weighted by Gasteiger charge is -2.43. The first-order valence-electron chi connectivity index (χ1n) is 11.5. The topological polar surface area (TPSA) is 71.8 Å². The van der Waals surface area contributed by atoms with Crippen LogP contribution in [0.4, 0.5) is 9.18 Å². The van der Waals surface area contributed by atoms with E-state index in [0.29, 0.717) is 25.8 Å². The highest BCUT2D eigenvalue weighted by molar-refractivity contribution is 5.70. The molecule has 1 N–H and O–H groups in total. The molecule has 2 heterocycles. The van der Waals surface area contributed by atoms with E-state index in [2.05, 4.69) is 0 Å². The minimum absolute atomic E-state index is 0.0114. The summed E-state index contributed by atoms with van der Waals surface area (Å²) in [5.41, 5.74) is 2.68. The molecule has 1 fully saturated rings. The summed E-state index contributed by atoms with van der Waals surface area (Å²) in [5, 5.41) is 9.36. The number of rotatable bonds is 7. The van der Waals surface area contributed by atoms with Gasteiger partial charge in [0.05, 0.1) is 6.04 Å². The van der Waals surface area contributed by atoms with Crippen LogP contribution in [0.15, 0.2) is 71.7 Å². The molecule has 178 valence electrons. The van der Waals surface area contributed by atoms with E-state index in [4.69, 9.17) is 4.74 Å². The molecule has 0 bridgehead atoms. The molecule has 1 amide bonds. The number of aromatic nitrogens is 1. The first-order chi connectivity index (χ1) is 16.3. The van der Waals surface area contributed by atoms with Crippen molar-refractivity contribution in [3.05, 3.63) is 94.2 Å². The Labute approximate surface area is 198 Å². The third kappa shape index (κ3) is 4.75. The van der Waals surface area contributed by atoms with Gasteiger partial charge >= 0.3 is 6.09 Å². The number of pyridine rings is 1. The molecule has 1 saturated heterocycles. The average molecular weight is 465 g/mol. The Balaban J connectivity index is 1.52. The predicted octanol–water partition coefficient (Wildman–Crippen LogP) is 4.76. The number of carbonyl (C=O) groups excluding carboxylic acids is 1. The summed E-state index contributed by atoms with van der Waals surface area (Å²) < 4.78 is 21.0. The zero-order chi connectivity index (χ0) is 24.3. The molecule has 2 aromatic carbocycles. The molecule has 2 unspecified atom stereocenters. The Morgan fingerprint density at radius 2 is 1.71 bits per heavy atom. The molecule has 4 rings (SSSR count). The molecule has 1 aliphatic rings. The number of halogens is 1. The number of ether oxygens (including phenoxy) is 1. The van der Waals surface area contributed by atoms with Gasteiger partial charge < -0.3 is 19.3 Å². The van der Waals surface area contributed by atoms with Gasteiger partial charge in [-0.05, 0) is 60.2 Å². The second kappa shape index (κ2) is 9.81. The number of hydrogen-bond donors (Lipinski definition) is 1. The molecular weight excluding hydrogens is 435 g/mol. The Bertz CT molecular complexity index is 1210. The fraction of sp³-hybridized carbons (Fsp3) is 0.333. The molecule has 2 atom stereocenters. The van der Waals surface area contributed by atoms with Crippen LogP contribution in [0, 0.1) is 5.82 Å². The summed E-state index contributed by atoms with van der Waals surface area (Å²) in [5.74, 6) is -0.348. The van der Waals surface area contributed by atoms with Crippen LogP contribution < -0.4 is 5.56 Å². The van der Waals surface area contributed by atoms with Crippen LogP contribution >= 0.6 is 0 Å². The van der Waals surface area contributed by atoms with Crippen molar-refractivity contribution in [2.45, 2.75) is 37.8 Å². The minimum Gasteiger partial charge on any atom is -0.438 e. The van der Waals surface area contributed by atoms with E-state index >= 15 is 0 Å². The predicted molar refractivity (Wildman–Crippen MR) is 128 cm³/mol. The molecule has 7 heteroatoms. The number of hydrogen-bond acceptors (Lipinski definition) is 4. The number of carbonyl (C=O) groups is 1. The Morgan fingerprint density at radius 1 is 1.03 bits per heavy atom. The molecule has 0 radical (unpaired) electrons. The van der Waals surface area contributed by atoms with Gasteiger partial charge in [-0.2, -0.15) is 0 Å². The van der Waals surface area contributed by atoms with Gasteiger partial charge in [0.15, 0.2) is 0 Å². The number of aliphatic hydroxyl groups is 1. The lowest BCUT2D eigenvalue weighted by molar-refractivity contribution is -0.0680. The first-order valence-corrected chi connectivity index (χ1v) is 11.5. The summed E-state index contributed by atoms with van der Waals surface area (Å²) in [6.45, 7) is 2.43. The second-order valence-corrected chi connectivity index (χ2v) is 8.80. The molecule has 0 saturated carbocycles. The smallest absolute Gasteiger partial charge is 0.411 e. The fourth-order valence-electron chi connectivity index (χ4n) is 4.56. The summed E-state index contributed by atoms with van der Waals surface area (Å²) in [4.78, 5) is 26.5. The van der Waals surface area contributed by atoms with Crippen LogP contribution in [0.1, 0.15) is 43.4 Å². The fourth-order valence-corrected chi connectivity index (χ4v) is 4.56. The molecule has 3 aromatic rings. The van der Waals surface area contributed by atoms with Gasteiger partial charge in [0.25, 0.3) is 0 Å². The lowest BCUT2D eigenvalue weighted by atomic mass is 9.84. The molecule has 0 aliphatic carbocycles. The normalized spacial score (nSPS) is 19.1. The Kier molecular flexibility index (Phi) is 6.84. The highest BCUT2D eigenvalue weighted by Crippen LogP contribution is 2.40. The monoisotopic (exact) mass is 464 g/mol. The summed E-state index contributed by atoms with van der Waals surface area (Å²) >= 11 is 0. The van der Waals surface area contributed by atoms with Gasteiger partial charge in [0.2, 0.25) is 5.56 Å². The highest BCUT2D eigenvalue weighted by Gasteiger charge is 2.43. The maximum atomic E-state index is 13.5. The maximum Gasteiger partial charge on any atom is 0.411 e. The van der Waals surface area contributed by atoms with Gasteiger partial charge in [0.1, 0.15) is 11.4 Å². The van der Waals surface area contributed by atoms with Crippen LogP contribution in [0.2, 0.25) is 0 Å². The molecule has 1 aliphatic heterocycles. The summed E-state index contributed by atoms with van der Waals surface area (Å²) in [6, 6.07) is 17.1. The molecule has 1 aromatic heterocycles. The van der Waals surface area contributed by atoms with Crippen molar-refractivity contribution in [2.75, 3.05) is 13.2 Å². The van der Waals surface area contributed by atoms with Gasteiger partial charge in [-0.25, -0.2) is 9.18 Å². The SMILES string of the molecule is CC(c1ccc(-c2ccc(=O)n(C)c2)cc1)N1CCC(CCCO)(c2ccc(F)cc2)OC1=O. The van der Waals surface area contributed by atoms with Crippen molar-refractivity contribution >= 4 is 6.09 Å². The van der Waals surface area contributed by atoms with Crippen LogP contribution in [0.3, 0.4) is 0 Å². The van der Waals surface area contributed by atoms with E-state index in [0.717, 1.165) is 22.3 Å². The second-order valence-electron chi connectivity index (χ2n) is 8.80. The summed E-state index contributed by atoms with van der Waals surface area (Å²) in [6.07, 6.45) is 2.86. The summed E-state index contributed by atoms with van der Waals surface area (Å²) in [7, 11) is 1.72.